The Morgan fingerprint density at radius 2 is 0.952 bits per heavy atom. The molecule has 0 radical (unpaired) electrons. The number of aliphatic hydroxyl groups is 2. The summed E-state index contributed by atoms with van der Waals surface area (Å²) in [6.45, 7) is 2.39. The lowest BCUT2D eigenvalue weighted by molar-refractivity contribution is 0.122. The molecule has 0 bridgehead atoms. The third-order valence-electron chi connectivity index (χ3n) is 4.35. The molecule has 1 unspecified atom stereocenters. The zero-order valence-corrected chi connectivity index (χ0v) is 14.5. The van der Waals surface area contributed by atoms with E-state index in [2.05, 4.69) is 6.92 Å². The van der Waals surface area contributed by atoms with Gasteiger partial charge in [-0.1, -0.05) is 96.8 Å². The molecule has 21 heavy (non-hydrogen) atoms. The largest absolute Gasteiger partial charge is 0.396 e. The van der Waals surface area contributed by atoms with Gasteiger partial charge in [-0.15, -0.1) is 0 Å². The molecule has 2 nitrogen and oxygen atoms in total. The van der Waals surface area contributed by atoms with E-state index in [0.717, 1.165) is 12.8 Å². The Hall–Kier alpha value is -0.0800. The van der Waals surface area contributed by atoms with E-state index in [-0.39, 0.29) is 12.7 Å². The van der Waals surface area contributed by atoms with E-state index in [1.807, 2.05) is 0 Å². The summed E-state index contributed by atoms with van der Waals surface area (Å²) in [4.78, 5) is 0. The van der Waals surface area contributed by atoms with Gasteiger partial charge in [-0.05, 0) is 12.8 Å². The fourth-order valence-electron chi connectivity index (χ4n) is 2.87. The fraction of sp³-hybridized carbons (Fsp3) is 1.00. The summed E-state index contributed by atoms with van der Waals surface area (Å²) in [5, 5.41) is 18.2. The Morgan fingerprint density at radius 3 is 1.33 bits per heavy atom. The lowest BCUT2D eigenvalue weighted by atomic mass is 10.0. The average Bonchev–Trinajstić information content (AvgIpc) is 2.48. The predicted molar refractivity (Wildman–Crippen MR) is 92.6 cm³/mol. The summed E-state index contributed by atoms with van der Waals surface area (Å²) in [6, 6.07) is 0. The summed E-state index contributed by atoms with van der Waals surface area (Å²) in [6.07, 6.45) is 20.3. The van der Waals surface area contributed by atoms with Crippen LogP contribution in [0, 0.1) is 0 Å². The standard InChI is InChI=1S/C19H40O2/c1-2-3-4-5-6-7-8-9-10-11-12-13-14-15-16-19(21)17-18-20/h19-21H,2-18H2,1H3. The van der Waals surface area contributed by atoms with Gasteiger partial charge < -0.3 is 10.2 Å². The molecule has 0 spiro atoms. The fourth-order valence-corrected chi connectivity index (χ4v) is 2.87. The second-order valence-corrected chi connectivity index (χ2v) is 6.55. The Morgan fingerprint density at radius 1 is 0.571 bits per heavy atom. The molecule has 0 aromatic heterocycles. The van der Waals surface area contributed by atoms with Gasteiger partial charge in [-0.3, -0.25) is 0 Å². The molecule has 0 heterocycles. The number of unbranched alkanes of at least 4 members (excludes halogenated alkanes) is 13. The molecule has 2 heteroatoms. The quantitative estimate of drug-likeness (QED) is 0.343. The second-order valence-electron chi connectivity index (χ2n) is 6.55. The van der Waals surface area contributed by atoms with Gasteiger partial charge in [0, 0.05) is 6.61 Å². The van der Waals surface area contributed by atoms with Crippen LogP contribution in [0.3, 0.4) is 0 Å². The van der Waals surface area contributed by atoms with Crippen molar-refractivity contribution in [2.75, 3.05) is 6.61 Å². The van der Waals surface area contributed by atoms with Crippen molar-refractivity contribution in [3.05, 3.63) is 0 Å². The highest BCUT2D eigenvalue weighted by Crippen LogP contribution is 2.14. The van der Waals surface area contributed by atoms with Gasteiger partial charge >= 0.3 is 0 Å². The summed E-state index contributed by atoms with van der Waals surface area (Å²) in [5.74, 6) is 0. The number of rotatable bonds is 17. The van der Waals surface area contributed by atoms with Gasteiger partial charge in [0.25, 0.3) is 0 Å². The van der Waals surface area contributed by atoms with Crippen LogP contribution < -0.4 is 0 Å². The minimum atomic E-state index is -0.285. The van der Waals surface area contributed by atoms with Crippen LogP contribution in [0.15, 0.2) is 0 Å². The van der Waals surface area contributed by atoms with Crippen molar-refractivity contribution in [2.24, 2.45) is 0 Å². The van der Waals surface area contributed by atoms with E-state index >= 15 is 0 Å². The summed E-state index contributed by atoms with van der Waals surface area (Å²) in [7, 11) is 0. The van der Waals surface area contributed by atoms with Crippen LogP contribution in [0.5, 0.6) is 0 Å². The summed E-state index contributed by atoms with van der Waals surface area (Å²) in [5.41, 5.74) is 0. The Kier molecular flexibility index (Phi) is 17.9. The molecule has 0 amide bonds. The highest BCUT2D eigenvalue weighted by Gasteiger charge is 2.02. The molecule has 0 aliphatic carbocycles. The van der Waals surface area contributed by atoms with Crippen molar-refractivity contribution in [3.8, 4) is 0 Å². The smallest absolute Gasteiger partial charge is 0.0562 e. The first-order chi connectivity index (χ1) is 10.3. The molecule has 0 aromatic carbocycles. The lowest BCUT2D eigenvalue weighted by Crippen LogP contribution is -2.08. The highest BCUT2D eigenvalue weighted by atomic mass is 16.3. The van der Waals surface area contributed by atoms with Crippen LogP contribution in [-0.2, 0) is 0 Å². The Labute approximate surface area is 133 Å². The van der Waals surface area contributed by atoms with Crippen LogP contribution in [0.1, 0.15) is 110 Å². The molecule has 2 N–H and O–H groups in total. The zero-order chi connectivity index (χ0) is 15.6. The maximum atomic E-state index is 9.48. The van der Waals surface area contributed by atoms with Crippen LogP contribution in [0.25, 0.3) is 0 Å². The third-order valence-corrected chi connectivity index (χ3v) is 4.35. The topological polar surface area (TPSA) is 40.5 Å². The maximum Gasteiger partial charge on any atom is 0.0562 e. The average molecular weight is 301 g/mol. The normalized spacial score (nSPS) is 12.7. The molecule has 0 saturated carbocycles. The molecule has 1 atom stereocenters. The Balaban J connectivity index is 2.99. The van der Waals surface area contributed by atoms with E-state index in [0.29, 0.717) is 6.42 Å². The first-order valence-corrected chi connectivity index (χ1v) is 9.60. The van der Waals surface area contributed by atoms with Crippen molar-refractivity contribution in [1.82, 2.24) is 0 Å². The second kappa shape index (κ2) is 18.0. The van der Waals surface area contributed by atoms with Crippen molar-refractivity contribution in [3.63, 3.8) is 0 Å². The monoisotopic (exact) mass is 300 g/mol. The first-order valence-electron chi connectivity index (χ1n) is 9.60. The van der Waals surface area contributed by atoms with Crippen LogP contribution in [0.2, 0.25) is 0 Å². The van der Waals surface area contributed by atoms with Crippen molar-refractivity contribution < 1.29 is 10.2 Å². The number of hydrogen-bond acceptors (Lipinski definition) is 2. The molecule has 0 saturated heterocycles. The van der Waals surface area contributed by atoms with Crippen molar-refractivity contribution >= 4 is 0 Å². The maximum absolute atomic E-state index is 9.48. The van der Waals surface area contributed by atoms with Crippen molar-refractivity contribution in [2.45, 2.75) is 116 Å². The molecular weight excluding hydrogens is 260 g/mol. The van der Waals surface area contributed by atoms with Crippen LogP contribution in [-0.4, -0.2) is 22.9 Å². The molecule has 0 fully saturated rings. The van der Waals surface area contributed by atoms with Gasteiger partial charge in [0.15, 0.2) is 0 Å². The van der Waals surface area contributed by atoms with E-state index in [1.54, 1.807) is 0 Å². The number of hydrogen-bond donors (Lipinski definition) is 2. The van der Waals surface area contributed by atoms with Crippen molar-refractivity contribution in [1.29, 1.82) is 0 Å². The minimum absolute atomic E-state index is 0.111. The van der Waals surface area contributed by atoms with Crippen LogP contribution in [0.4, 0.5) is 0 Å². The minimum Gasteiger partial charge on any atom is -0.396 e. The molecule has 128 valence electrons. The van der Waals surface area contributed by atoms with E-state index in [9.17, 15) is 5.11 Å². The van der Waals surface area contributed by atoms with E-state index in [1.165, 1.54) is 83.5 Å². The molecular formula is C19H40O2. The molecule has 0 aliphatic rings. The highest BCUT2D eigenvalue weighted by molar-refractivity contribution is 4.55. The summed E-state index contributed by atoms with van der Waals surface area (Å²) >= 11 is 0. The van der Waals surface area contributed by atoms with E-state index in [4.69, 9.17) is 5.11 Å². The van der Waals surface area contributed by atoms with Gasteiger partial charge in [-0.2, -0.15) is 0 Å². The molecule has 0 rings (SSSR count). The lowest BCUT2D eigenvalue weighted by Gasteiger charge is -2.08. The van der Waals surface area contributed by atoms with Gasteiger partial charge in [-0.25, -0.2) is 0 Å². The number of aliphatic hydroxyl groups excluding tert-OH is 2. The zero-order valence-electron chi connectivity index (χ0n) is 14.5. The van der Waals surface area contributed by atoms with Crippen LogP contribution >= 0.6 is 0 Å². The summed E-state index contributed by atoms with van der Waals surface area (Å²) < 4.78 is 0. The predicted octanol–water partition coefficient (Wildman–Crippen LogP) is 5.60. The SMILES string of the molecule is CCCCCCCCCCCCCCCCC(O)CCO. The van der Waals surface area contributed by atoms with Gasteiger partial charge in [0.05, 0.1) is 6.10 Å². The van der Waals surface area contributed by atoms with E-state index < -0.39 is 0 Å². The van der Waals surface area contributed by atoms with Gasteiger partial charge in [0.2, 0.25) is 0 Å². The molecule has 0 aliphatic heterocycles. The first kappa shape index (κ1) is 20.9. The molecule has 0 aromatic rings. The van der Waals surface area contributed by atoms with Gasteiger partial charge in [0.1, 0.15) is 0 Å². The Bertz CT molecular complexity index is 182. The third kappa shape index (κ3) is 17.9.